The van der Waals surface area contributed by atoms with Gasteiger partial charge in [0.15, 0.2) is 0 Å². The van der Waals surface area contributed by atoms with E-state index in [1.165, 1.54) is 31.2 Å². The maximum atomic E-state index is 9.64. The largest absolute Gasteiger partial charge is 0.393 e. The lowest BCUT2D eigenvalue weighted by Crippen LogP contribution is -2.45. The molecule has 2 fully saturated rings. The molecule has 1 aromatic carbocycles. The van der Waals surface area contributed by atoms with E-state index in [4.69, 9.17) is 0 Å². The highest BCUT2D eigenvalue weighted by Crippen LogP contribution is 2.34. The van der Waals surface area contributed by atoms with Gasteiger partial charge in [-0.25, -0.2) is 0 Å². The lowest BCUT2D eigenvalue weighted by atomic mass is 9.79. The van der Waals surface area contributed by atoms with E-state index < -0.39 is 0 Å². The predicted molar refractivity (Wildman–Crippen MR) is 82.8 cm³/mol. The summed E-state index contributed by atoms with van der Waals surface area (Å²) < 4.78 is 0. The SMILES string of the molecule is OC1CCC(NC2CCCCC2c2ccccc2)CC1. The van der Waals surface area contributed by atoms with E-state index in [0.717, 1.165) is 25.7 Å². The third-order valence-corrected chi connectivity index (χ3v) is 5.14. The van der Waals surface area contributed by atoms with E-state index in [1.54, 1.807) is 0 Å². The van der Waals surface area contributed by atoms with Gasteiger partial charge in [0.05, 0.1) is 6.10 Å². The molecule has 2 aliphatic carbocycles. The van der Waals surface area contributed by atoms with Crippen molar-refractivity contribution >= 4 is 0 Å². The topological polar surface area (TPSA) is 32.3 Å². The summed E-state index contributed by atoms with van der Waals surface area (Å²) in [5.74, 6) is 0.678. The maximum Gasteiger partial charge on any atom is 0.0541 e. The Bertz CT molecular complexity index is 397. The molecule has 2 atom stereocenters. The lowest BCUT2D eigenvalue weighted by Gasteiger charge is -2.37. The molecule has 2 unspecified atom stereocenters. The van der Waals surface area contributed by atoms with Gasteiger partial charge in [-0.1, -0.05) is 43.2 Å². The molecule has 2 saturated carbocycles. The van der Waals surface area contributed by atoms with Crippen LogP contribution < -0.4 is 5.32 Å². The molecule has 0 heterocycles. The molecule has 0 spiro atoms. The fourth-order valence-electron chi connectivity index (χ4n) is 3.97. The Morgan fingerprint density at radius 2 is 1.55 bits per heavy atom. The van der Waals surface area contributed by atoms with Gasteiger partial charge in [-0.05, 0) is 50.0 Å². The van der Waals surface area contributed by atoms with Crippen molar-refractivity contribution < 1.29 is 5.11 Å². The van der Waals surface area contributed by atoms with Gasteiger partial charge in [-0.2, -0.15) is 0 Å². The van der Waals surface area contributed by atoms with Crippen molar-refractivity contribution in [1.82, 2.24) is 5.32 Å². The van der Waals surface area contributed by atoms with E-state index >= 15 is 0 Å². The first-order chi connectivity index (χ1) is 9.83. The average molecular weight is 273 g/mol. The fourth-order valence-corrected chi connectivity index (χ4v) is 3.97. The van der Waals surface area contributed by atoms with E-state index in [-0.39, 0.29) is 6.10 Å². The minimum Gasteiger partial charge on any atom is -0.393 e. The van der Waals surface area contributed by atoms with Gasteiger partial charge < -0.3 is 10.4 Å². The maximum absolute atomic E-state index is 9.64. The highest BCUT2D eigenvalue weighted by molar-refractivity contribution is 5.22. The summed E-state index contributed by atoms with van der Waals surface area (Å²) in [6, 6.07) is 12.3. The average Bonchev–Trinajstić information content (AvgIpc) is 2.51. The number of aliphatic hydroxyl groups is 1. The van der Waals surface area contributed by atoms with Crippen LogP contribution in [0.4, 0.5) is 0 Å². The molecule has 0 saturated heterocycles. The van der Waals surface area contributed by atoms with Crippen LogP contribution in [0.2, 0.25) is 0 Å². The van der Waals surface area contributed by atoms with Crippen molar-refractivity contribution in [2.24, 2.45) is 0 Å². The van der Waals surface area contributed by atoms with Crippen molar-refractivity contribution in [3.63, 3.8) is 0 Å². The normalized spacial score (nSPS) is 34.9. The number of rotatable bonds is 3. The Kier molecular flexibility index (Phi) is 4.74. The van der Waals surface area contributed by atoms with Crippen molar-refractivity contribution in [2.75, 3.05) is 0 Å². The van der Waals surface area contributed by atoms with Gasteiger partial charge in [-0.15, -0.1) is 0 Å². The molecule has 1 aromatic rings. The fraction of sp³-hybridized carbons (Fsp3) is 0.667. The summed E-state index contributed by atoms with van der Waals surface area (Å²) >= 11 is 0. The third-order valence-electron chi connectivity index (χ3n) is 5.14. The lowest BCUT2D eigenvalue weighted by molar-refractivity contribution is 0.111. The van der Waals surface area contributed by atoms with Gasteiger partial charge in [0.2, 0.25) is 0 Å². The molecule has 110 valence electrons. The molecular formula is C18H27NO. The minimum atomic E-state index is -0.0515. The van der Waals surface area contributed by atoms with Crippen molar-refractivity contribution in [3.05, 3.63) is 35.9 Å². The molecule has 0 amide bonds. The monoisotopic (exact) mass is 273 g/mol. The van der Waals surface area contributed by atoms with Crippen molar-refractivity contribution in [3.8, 4) is 0 Å². The van der Waals surface area contributed by atoms with E-state index in [1.807, 2.05) is 0 Å². The smallest absolute Gasteiger partial charge is 0.0541 e. The van der Waals surface area contributed by atoms with Crippen LogP contribution in [0, 0.1) is 0 Å². The van der Waals surface area contributed by atoms with Gasteiger partial charge in [0, 0.05) is 12.1 Å². The standard InChI is InChI=1S/C18H27NO/c20-16-12-10-15(11-13-16)19-18-9-5-4-8-17(18)14-6-2-1-3-7-14/h1-3,6-7,15-20H,4-5,8-13H2. The Labute approximate surface area is 122 Å². The van der Waals surface area contributed by atoms with Crippen molar-refractivity contribution in [1.29, 1.82) is 0 Å². The highest BCUT2D eigenvalue weighted by Gasteiger charge is 2.29. The first-order valence-corrected chi connectivity index (χ1v) is 8.32. The molecule has 2 nitrogen and oxygen atoms in total. The van der Waals surface area contributed by atoms with Crippen LogP contribution in [-0.2, 0) is 0 Å². The second-order valence-corrected chi connectivity index (χ2v) is 6.58. The zero-order valence-electron chi connectivity index (χ0n) is 12.3. The van der Waals surface area contributed by atoms with Crippen molar-refractivity contribution in [2.45, 2.75) is 75.5 Å². The quantitative estimate of drug-likeness (QED) is 0.882. The molecule has 2 heteroatoms. The van der Waals surface area contributed by atoms with Crippen LogP contribution in [0.5, 0.6) is 0 Å². The van der Waals surface area contributed by atoms with Gasteiger partial charge in [0.1, 0.15) is 0 Å². The molecule has 0 bridgehead atoms. The Hall–Kier alpha value is -0.860. The summed E-state index contributed by atoms with van der Waals surface area (Å²) in [6.45, 7) is 0. The zero-order chi connectivity index (χ0) is 13.8. The summed E-state index contributed by atoms with van der Waals surface area (Å²) in [5.41, 5.74) is 1.50. The van der Waals surface area contributed by atoms with Gasteiger partial charge in [-0.3, -0.25) is 0 Å². The first-order valence-electron chi connectivity index (χ1n) is 8.32. The van der Waals surface area contributed by atoms with Gasteiger partial charge >= 0.3 is 0 Å². The molecule has 0 aliphatic heterocycles. The highest BCUT2D eigenvalue weighted by atomic mass is 16.3. The molecule has 3 rings (SSSR count). The molecule has 0 aromatic heterocycles. The van der Waals surface area contributed by atoms with Crippen LogP contribution in [0.25, 0.3) is 0 Å². The number of hydrogen-bond acceptors (Lipinski definition) is 2. The van der Waals surface area contributed by atoms with E-state index in [0.29, 0.717) is 18.0 Å². The molecule has 0 radical (unpaired) electrons. The third kappa shape index (κ3) is 3.42. The number of nitrogens with one attached hydrogen (secondary N) is 1. The van der Waals surface area contributed by atoms with Crippen LogP contribution in [0.15, 0.2) is 30.3 Å². The molecular weight excluding hydrogens is 246 g/mol. The van der Waals surface area contributed by atoms with Gasteiger partial charge in [0.25, 0.3) is 0 Å². The second kappa shape index (κ2) is 6.73. The van der Waals surface area contributed by atoms with E-state index in [2.05, 4.69) is 35.6 Å². The Balaban J connectivity index is 1.64. The zero-order valence-corrected chi connectivity index (χ0v) is 12.3. The van der Waals surface area contributed by atoms with Crippen LogP contribution in [0.3, 0.4) is 0 Å². The predicted octanol–water partition coefficient (Wildman–Crippen LogP) is 3.61. The summed E-state index contributed by atoms with van der Waals surface area (Å²) in [5, 5.41) is 13.6. The second-order valence-electron chi connectivity index (χ2n) is 6.58. The summed E-state index contributed by atoms with van der Waals surface area (Å²) in [4.78, 5) is 0. The minimum absolute atomic E-state index is 0.0515. The Morgan fingerprint density at radius 1 is 0.850 bits per heavy atom. The van der Waals surface area contributed by atoms with E-state index in [9.17, 15) is 5.11 Å². The Morgan fingerprint density at radius 3 is 2.30 bits per heavy atom. The van der Waals surface area contributed by atoms with Crippen LogP contribution in [-0.4, -0.2) is 23.3 Å². The number of benzene rings is 1. The molecule has 2 aliphatic rings. The number of hydrogen-bond donors (Lipinski definition) is 2. The summed E-state index contributed by atoms with van der Waals surface area (Å²) in [7, 11) is 0. The molecule has 2 N–H and O–H groups in total. The number of aliphatic hydroxyl groups excluding tert-OH is 1. The first kappa shape index (κ1) is 14.1. The van der Waals surface area contributed by atoms with Crippen LogP contribution >= 0.6 is 0 Å². The van der Waals surface area contributed by atoms with Crippen LogP contribution in [0.1, 0.15) is 62.8 Å². The molecule has 20 heavy (non-hydrogen) atoms. The summed E-state index contributed by atoms with van der Waals surface area (Å²) in [6.07, 6.45) is 9.51.